The van der Waals surface area contributed by atoms with E-state index in [0.717, 1.165) is 22.4 Å². The summed E-state index contributed by atoms with van der Waals surface area (Å²) >= 11 is 0. The number of methoxy groups -OCH3 is 1. The minimum atomic E-state index is -0.759. The molecule has 0 aromatic heterocycles. The normalized spacial score (nSPS) is 22.9. The summed E-state index contributed by atoms with van der Waals surface area (Å²) in [6.45, 7) is 1.11. The monoisotopic (exact) mass is 388 g/mol. The predicted molar refractivity (Wildman–Crippen MR) is 110 cm³/mol. The number of rotatable bonds is 7. The number of benzene rings is 3. The van der Waals surface area contributed by atoms with Crippen LogP contribution in [0.15, 0.2) is 84.9 Å². The van der Waals surface area contributed by atoms with Gasteiger partial charge in [0.2, 0.25) is 0 Å². The Kier molecular flexibility index (Phi) is 4.84. The first-order valence-electron chi connectivity index (χ1n) is 9.98. The van der Waals surface area contributed by atoms with Gasteiger partial charge in [0.05, 0.1) is 20.3 Å². The summed E-state index contributed by atoms with van der Waals surface area (Å²) in [5.41, 5.74) is 2.43. The lowest BCUT2D eigenvalue weighted by molar-refractivity contribution is -0.0702. The SMILES string of the molecule is COc1ccc(C(OC[C@H]2OCC3OC32)(c2ccccc2)c2ccccc2)cc1. The Hall–Kier alpha value is -2.66. The van der Waals surface area contributed by atoms with Gasteiger partial charge < -0.3 is 18.9 Å². The van der Waals surface area contributed by atoms with Crippen LogP contribution in [-0.4, -0.2) is 38.6 Å². The van der Waals surface area contributed by atoms with Crippen molar-refractivity contribution in [3.05, 3.63) is 102 Å². The minimum absolute atomic E-state index is 0.0370. The maximum absolute atomic E-state index is 6.80. The van der Waals surface area contributed by atoms with Crippen LogP contribution < -0.4 is 4.74 Å². The zero-order valence-corrected chi connectivity index (χ0v) is 16.4. The first-order chi connectivity index (χ1) is 14.3. The maximum atomic E-state index is 6.80. The molecule has 29 heavy (non-hydrogen) atoms. The van der Waals surface area contributed by atoms with Crippen LogP contribution in [0.5, 0.6) is 5.75 Å². The second-order valence-electron chi connectivity index (χ2n) is 7.46. The molecule has 3 aromatic carbocycles. The summed E-state index contributed by atoms with van der Waals surface area (Å²) in [6.07, 6.45) is 0.368. The van der Waals surface area contributed by atoms with E-state index >= 15 is 0 Å². The van der Waals surface area contributed by atoms with Gasteiger partial charge in [0, 0.05) is 0 Å². The van der Waals surface area contributed by atoms with Gasteiger partial charge in [-0.05, 0) is 28.8 Å². The molecule has 2 aliphatic rings. The molecule has 5 rings (SSSR count). The van der Waals surface area contributed by atoms with Crippen molar-refractivity contribution in [2.75, 3.05) is 20.3 Å². The van der Waals surface area contributed by atoms with Crippen LogP contribution >= 0.6 is 0 Å². The molecule has 2 heterocycles. The largest absolute Gasteiger partial charge is 0.497 e. The lowest BCUT2D eigenvalue weighted by Crippen LogP contribution is -2.37. The Balaban J connectivity index is 1.62. The molecule has 148 valence electrons. The van der Waals surface area contributed by atoms with Crippen molar-refractivity contribution >= 4 is 0 Å². The molecular formula is C25H24O4. The van der Waals surface area contributed by atoms with Gasteiger partial charge in [0.25, 0.3) is 0 Å². The average Bonchev–Trinajstić information content (AvgIpc) is 3.48. The fraction of sp³-hybridized carbons (Fsp3) is 0.280. The summed E-state index contributed by atoms with van der Waals surface area (Å²) < 4.78 is 23.7. The first kappa shape index (κ1) is 18.4. The van der Waals surface area contributed by atoms with Gasteiger partial charge >= 0.3 is 0 Å². The zero-order chi connectivity index (χ0) is 19.7. The van der Waals surface area contributed by atoms with Crippen molar-refractivity contribution in [3.63, 3.8) is 0 Å². The van der Waals surface area contributed by atoms with Crippen LogP contribution in [0.2, 0.25) is 0 Å². The topological polar surface area (TPSA) is 40.2 Å². The Morgan fingerprint density at radius 1 is 0.828 bits per heavy atom. The fourth-order valence-electron chi connectivity index (χ4n) is 4.20. The Bertz CT molecular complexity index is 900. The van der Waals surface area contributed by atoms with Crippen molar-refractivity contribution in [2.45, 2.75) is 23.9 Å². The zero-order valence-electron chi connectivity index (χ0n) is 16.4. The van der Waals surface area contributed by atoms with E-state index in [9.17, 15) is 0 Å². The number of fused-ring (bicyclic) bond motifs is 1. The van der Waals surface area contributed by atoms with Gasteiger partial charge in [0.1, 0.15) is 29.7 Å². The van der Waals surface area contributed by atoms with Crippen LogP contribution in [0.1, 0.15) is 16.7 Å². The van der Waals surface area contributed by atoms with E-state index in [1.807, 2.05) is 48.5 Å². The molecule has 0 amide bonds. The molecule has 2 saturated heterocycles. The van der Waals surface area contributed by atoms with Gasteiger partial charge in [-0.1, -0.05) is 72.8 Å². The maximum Gasteiger partial charge on any atom is 0.143 e. The van der Waals surface area contributed by atoms with E-state index in [1.165, 1.54) is 0 Å². The lowest BCUT2D eigenvalue weighted by atomic mass is 9.80. The highest BCUT2D eigenvalue weighted by Crippen LogP contribution is 2.42. The third-order valence-electron chi connectivity index (χ3n) is 5.78. The standard InChI is InChI=1S/C25H24O4/c1-26-21-14-12-20(13-15-21)25(18-8-4-2-5-9-18,19-10-6-3-7-11-19)28-17-22-24-23(29-24)16-27-22/h2-15,22-24H,16-17H2,1H3/t22-,23?,24?/m1/s1. The molecule has 0 bridgehead atoms. The molecule has 0 aliphatic carbocycles. The highest BCUT2D eigenvalue weighted by atomic mass is 16.7. The second kappa shape index (κ2) is 7.64. The third kappa shape index (κ3) is 3.33. The molecule has 3 atom stereocenters. The van der Waals surface area contributed by atoms with Crippen LogP contribution in [0.4, 0.5) is 0 Å². The highest BCUT2D eigenvalue weighted by molar-refractivity contribution is 5.48. The Labute approximate surface area is 171 Å². The smallest absolute Gasteiger partial charge is 0.143 e. The molecule has 0 N–H and O–H groups in total. The molecule has 0 saturated carbocycles. The van der Waals surface area contributed by atoms with Crippen LogP contribution in [0.25, 0.3) is 0 Å². The van der Waals surface area contributed by atoms with E-state index in [4.69, 9.17) is 18.9 Å². The first-order valence-corrected chi connectivity index (χ1v) is 9.98. The molecule has 0 spiro atoms. The number of epoxide rings is 1. The number of ether oxygens (including phenoxy) is 4. The fourth-order valence-corrected chi connectivity index (χ4v) is 4.20. The number of hydrogen-bond donors (Lipinski definition) is 0. The van der Waals surface area contributed by atoms with Crippen LogP contribution in [0, 0.1) is 0 Å². The van der Waals surface area contributed by atoms with E-state index in [2.05, 4.69) is 36.4 Å². The van der Waals surface area contributed by atoms with E-state index in [-0.39, 0.29) is 18.3 Å². The van der Waals surface area contributed by atoms with Crippen molar-refractivity contribution in [1.82, 2.24) is 0 Å². The van der Waals surface area contributed by atoms with Gasteiger partial charge in [0.15, 0.2) is 0 Å². The quantitative estimate of drug-likeness (QED) is 0.450. The summed E-state index contributed by atoms with van der Waals surface area (Å²) in [4.78, 5) is 0. The Morgan fingerprint density at radius 3 is 1.90 bits per heavy atom. The Morgan fingerprint density at radius 2 is 1.41 bits per heavy atom. The molecule has 2 fully saturated rings. The van der Waals surface area contributed by atoms with Crippen molar-refractivity contribution in [3.8, 4) is 5.75 Å². The van der Waals surface area contributed by atoms with Crippen molar-refractivity contribution < 1.29 is 18.9 Å². The molecule has 2 unspecified atom stereocenters. The summed E-state index contributed by atoms with van der Waals surface area (Å²) in [7, 11) is 1.68. The molecule has 2 aliphatic heterocycles. The van der Waals surface area contributed by atoms with Gasteiger partial charge in [-0.2, -0.15) is 0 Å². The minimum Gasteiger partial charge on any atom is -0.497 e. The van der Waals surface area contributed by atoms with Gasteiger partial charge in [-0.3, -0.25) is 0 Å². The molecular weight excluding hydrogens is 364 g/mol. The van der Waals surface area contributed by atoms with Crippen LogP contribution in [-0.2, 0) is 19.8 Å². The molecule has 4 nitrogen and oxygen atoms in total. The summed E-state index contributed by atoms with van der Waals surface area (Å²) in [5.74, 6) is 0.817. The summed E-state index contributed by atoms with van der Waals surface area (Å²) in [5, 5.41) is 0. The van der Waals surface area contributed by atoms with Crippen LogP contribution in [0.3, 0.4) is 0 Å². The van der Waals surface area contributed by atoms with E-state index < -0.39 is 5.60 Å². The van der Waals surface area contributed by atoms with Gasteiger partial charge in [-0.25, -0.2) is 0 Å². The van der Waals surface area contributed by atoms with E-state index in [1.54, 1.807) is 7.11 Å². The van der Waals surface area contributed by atoms with Crippen molar-refractivity contribution in [2.24, 2.45) is 0 Å². The molecule has 3 aromatic rings. The van der Waals surface area contributed by atoms with Gasteiger partial charge in [-0.15, -0.1) is 0 Å². The molecule has 4 heteroatoms. The average molecular weight is 388 g/mol. The lowest BCUT2D eigenvalue weighted by Gasteiger charge is -2.36. The van der Waals surface area contributed by atoms with E-state index in [0.29, 0.717) is 13.2 Å². The highest BCUT2D eigenvalue weighted by Gasteiger charge is 2.52. The molecule has 0 radical (unpaired) electrons. The second-order valence-corrected chi connectivity index (χ2v) is 7.46. The van der Waals surface area contributed by atoms with Crippen molar-refractivity contribution in [1.29, 1.82) is 0 Å². The predicted octanol–water partition coefficient (Wildman–Crippen LogP) is 4.17. The number of hydrogen-bond acceptors (Lipinski definition) is 4. The third-order valence-corrected chi connectivity index (χ3v) is 5.78. The summed E-state index contributed by atoms with van der Waals surface area (Å²) in [6, 6.07) is 28.8.